The van der Waals surface area contributed by atoms with Crippen molar-refractivity contribution in [3.63, 3.8) is 0 Å². The van der Waals surface area contributed by atoms with E-state index in [-0.39, 0.29) is 24.0 Å². The van der Waals surface area contributed by atoms with Gasteiger partial charge < -0.3 is 15.8 Å². The van der Waals surface area contributed by atoms with Crippen LogP contribution in [-0.4, -0.2) is 32.8 Å². The smallest absolute Gasteiger partial charge is 0.188 e. The summed E-state index contributed by atoms with van der Waals surface area (Å²) in [5.41, 5.74) is 9.77. The van der Waals surface area contributed by atoms with Gasteiger partial charge in [-0.25, -0.2) is 0 Å². The lowest BCUT2D eigenvalue weighted by molar-refractivity contribution is 0.208. The number of aryl methyl sites for hydroxylation is 2. The number of hydrogen-bond donors (Lipinski definition) is 2. The van der Waals surface area contributed by atoms with E-state index < -0.39 is 0 Å². The van der Waals surface area contributed by atoms with E-state index >= 15 is 0 Å². The summed E-state index contributed by atoms with van der Waals surface area (Å²) in [5.74, 6) is 0.485. The predicted molar refractivity (Wildman–Crippen MR) is 91.4 cm³/mol. The van der Waals surface area contributed by atoms with E-state index in [9.17, 15) is 0 Å². The molecule has 108 valence electrons. The molecule has 0 atom stereocenters. The minimum absolute atomic E-state index is 0. The quantitative estimate of drug-likeness (QED) is 0.345. The van der Waals surface area contributed by atoms with Gasteiger partial charge in [-0.1, -0.05) is 18.2 Å². The second-order valence-electron chi connectivity index (χ2n) is 4.31. The number of methoxy groups -OCH3 is 1. The Kier molecular flexibility index (Phi) is 9.59. The standard InChI is InChI=1S/C14H23N3O.HI/c1-11-5-4-6-12(2)13(11)7-8-16-14(15)17-9-10-18-3;/h4-6H,7-10H2,1-3H3,(H3,15,16,17);1H. The zero-order valence-corrected chi connectivity index (χ0v) is 14.2. The molecule has 3 N–H and O–H groups in total. The number of rotatable bonds is 6. The molecule has 0 aliphatic heterocycles. The van der Waals surface area contributed by atoms with Crippen LogP contribution in [0.4, 0.5) is 0 Å². The first kappa shape index (κ1) is 18.2. The van der Waals surface area contributed by atoms with E-state index in [1.165, 1.54) is 16.7 Å². The van der Waals surface area contributed by atoms with Crippen molar-refractivity contribution in [2.45, 2.75) is 20.3 Å². The first-order valence-electron chi connectivity index (χ1n) is 6.23. The van der Waals surface area contributed by atoms with Crippen LogP contribution in [0.3, 0.4) is 0 Å². The lowest BCUT2D eigenvalue weighted by atomic mass is 10.0. The highest BCUT2D eigenvalue weighted by molar-refractivity contribution is 14.0. The topological polar surface area (TPSA) is 59.6 Å². The zero-order valence-electron chi connectivity index (χ0n) is 11.9. The van der Waals surface area contributed by atoms with Crippen LogP contribution in [0.15, 0.2) is 23.2 Å². The van der Waals surface area contributed by atoms with Crippen molar-refractivity contribution < 1.29 is 4.74 Å². The Morgan fingerprint density at radius 1 is 1.32 bits per heavy atom. The third-order valence-electron chi connectivity index (χ3n) is 2.90. The molecule has 0 aromatic heterocycles. The molecule has 0 radical (unpaired) electrons. The van der Waals surface area contributed by atoms with Gasteiger partial charge in [0.25, 0.3) is 0 Å². The highest BCUT2D eigenvalue weighted by Gasteiger charge is 2.01. The van der Waals surface area contributed by atoms with Gasteiger partial charge in [0.2, 0.25) is 0 Å². The zero-order chi connectivity index (χ0) is 13.4. The van der Waals surface area contributed by atoms with Gasteiger partial charge in [-0.2, -0.15) is 0 Å². The minimum Gasteiger partial charge on any atom is -0.383 e. The number of halogens is 1. The van der Waals surface area contributed by atoms with E-state index in [0.717, 1.165) is 13.0 Å². The molecule has 0 spiro atoms. The molecule has 0 bridgehead atoms. The average molecular weight is 377 g/mol. The van der Waals surface area contributed by atoms with Crippen LogP contribution >= 0.6 is 24.0 Å². The van der Waals surface area contributed by atoms with E-state index in [1.54, 1.807) is 7.11 Å². The van der Waals surface area contributed by atoms with Crippen molar-refractivity contribution in [3.8, 4) is 0 Å². The first-order valence-corrected chi connectivity index (χ1v) is 6.23. The molecular formula is C14H24IN3O. The van der Waals surface area contributed by atoms with Crippen molar-refractivity contribution in [2.75, 3.05) is 26.8 Å². The van der Waals surface area contributed by atoms with Crippen LogP contribution in [0.2, 0.25) is 0 Å². The Morgan fingerprint density at radius 2 is 1.95 bits per heavy atom. The molecule has 19 heavy (non-hydrogen) atoms. The van der Waals surface area contributed by atoms with Gasteiger partial charge in [0.15, 0.2) is 5.96 Å². The highest BCUT2D eigenvalue weighted by Crippen LogP contribution is 2.13. The maximum atomic E-state index is 5.74. The molecule has 0 aliphatic carbocycles. The van der Waals surface area contributed by atoms with Crippen molar-refractivity contribution in [1.82, 2.24) is 5.32 Å². The molecule has 1 aromatic carbocycles. The number of nitrogens with two attached hydrogens (primary N) is 1. The lowest BCUT2D eigenvalue weighted by Crippen LogP contribution is -2.33. The molecule has 0 saturated carbocycles. The van der Waals surface area contributed by atoms with E-state index in [0.29, 0.717) is 19.1 Å². The fraction of sp³-hybridized carbons (Fsp3) is 0.500. The second-order valence-corrected chi connectivity index (χ2v) is 4.31. The summed E-state index contributed by atoms with van der Waals surface area (Å²) >= 11 is 0. The summed E-state index contributed by atoms with van der Waals surface area (Å²) in [5, 5.41) is 3.12. The van der Waals surface area contributed by atoms with Gasteiger partial charge in [0.05, 0.1) is 13.2 Å². The number of guanidine groups is 1. The van der Waals surface area contributed by atoms with Gasteiger partial charge in [0.1, 0.15) is 0 Å². The average Bonchev–Trinajstić information content (AvgIpc) is 2.33. The lowest BCUT2D eigenvalue weighted by Gasteiger charge is -2.10. The summed E-state index contributed by atoms with van der Waals surface area (Å²) < 4.78 is 4.91. The first-order chi connectivity index (χ1) is 8.65. The van der Waals surface area contributed by atoms with Crippen molar-refractivity contribution in [3.05, 3.63) is 34.9 Å². The Morgan fingerprint density at radius 3 is 2.53 bits per heavy atom. The normalized spacial score (nSPS) is 11.0. The summed E-state index contributed by atoms with van der Waals surface area (Å²) in [4.78, 5) is 4.15. The maximum absolute atomic E-state index is 5.74. The summed E-state index contributed by atoms with van der Waals surface area (Å²) in [6, 6.07) is 6.36. The van der Waals surface area contributed by atoms with E-state index in [2.05, 4.69) is 42.4 Å². The number of nitrogens with zero attached hydrogens (tertiary/aromatic N) is 1. The summed E-state index contributed by atoms with van der Waals surface area (Å²) in [6.45, 7) is 6.27. The van der Waals surface area contributed by atoms with Crippen LogP contribution < -0.4 is 11.1 Å². The van der Waals surface area contributed by atoms with Crippen LogP contribution in [0, 0.1) is 13.8 Å². The minimum atomic E-state index is 0. The maximum Gasteiger partial charge on any atom is 0.188 e. The summed E-state index contributed by atoms with van der Waals surface area (Å²) in [6.07, 6.45) is 0.957. The molecule has 4 nitrogen and oxygen atoms in total. The number of benzene rings is 1. The molecule has 0 amide bonds. The Balaban J connectivity index is 0.00000324. The highest BCUT2D eigenvalue weighted by atomic mass is 127. The van der Waals surface area contributed by atoms with E-state index in [4.69, 9.17) is 10.5 Å². The molecule has 0 aliphatic rings. The predicted octanol–water partition coefficient (Wildman–Crippen LogP) is 2.01. The molecule has 0 saturated heterocycles. The molecule has 0 fully saturated rings. The molecule has 5 heteroatoms. The SMILES string of the molecule is COCCN=C(N)NCCc1c(C)cccc1C.I. The third kappa shape index (κ3) is 6.77. The molecule has 1 rings (SSSR count). The second kappa shape index (κ2) is 10.0. The van der Waals surface area contributed by atoms with Gasteiger partial charge >= 0.3 is 0 Å². The van der Waals surface area contributed by atoms with Crippen LogP contribution in [0.1, 0.15) is 16.7 Å². The van der Waals surface area contributed by atoms with Crippen LogP contribution in [-0.2, 0) is 11.2 Å². The van der Waals surface area contributed by atoms with Gasteiger partial charge in [0, 0.05) is 13.7 Å². The monoisotopic (exact) mass is 377 g/mol. The number of hydrogen-bond acceptors (Lipinski definition) is 2. The van der Waals surface area contributed by atoms with Gasteiger partial charge in [-0.05, 0) is 37.0 Å². The number of aliphatic imine (C=N–C) groups is 1. The Labute approximate surface area is 132 Å². The van der Waals surface area contributed by atoms with Crippen molar-refractivity contribution >= 4 is 29.9 Å². The third-order valence-corrected chi connectivity index (χ3v) is 2.90. The van der Waals surface area contributed by atoms with Crippen LogP contribution in [0.25, 0.3) is 0 Å². The van der Waals surface area contributed by atoms with Crippen molar-refractivity contribution in [1.29, 1.82) is 0 Å². The largest absolute Gasteiger partial charge is 0.383 e. The Bertz CT molecular complexity index is 387. The van der Waals surface area contributed by atoms with Gasteiger partial charge in [-0.3, -0.25) is 4.99 Å². The fourth-order valence-corrected chi connectivity index (χ4v) is 1.87. The number of ether oxygens (including phenoxy) is 1. The van der Waals surface area contributed by atoms with Crippen LogP contribution in [0.5, 0.6) is 0 Å². The van der Waals surface area contributed by atoms with Crippen molar-refractivity contribution in [2.24, 2.45) is 10.7 Å². The molecular weight excluding hydrogens is 353 g/mol. The Hall–Kier alpha value is -0.820. The molecule has 1 aromatic rings. The fourth-order valence-electron chi connectivity index (χ4n) is 1.87. The summed E-state index contributed by atoms with van der Waals surface area (Å²) in [7, 11) is 1.65. The van der Waals surface area contributed by atoms with Gasteiger partial charge in [-0.15, -0.1) is 24.0 Å². The van der Waals surface area contributed by atoms with E-state index in [1.807, 2.05) is 0 Å². The molecule has 0 unspecified atom stereocenters. The number of nitrogens with one attached hydrogen (secondary N) is 1. The molecule has 0 heterocycles.